The molecule has 0 aliphatic carbocycles. The molecule has 1 heterocycles. The van der Waals surface area contributed by atoms with Crippen LogP contribution >= 0.6 is 0 Å². The zero-order chi connectivity index (χ0) is 13.8. The first kappa shape index (κ1) is 14.0. The smallest absolute Gasteiger partial charge is 0.251 e. The van der Waals surface area contributed by atoms with Gasteiger partial charge in [0.1, 0.15) is 11.9 Å². The molecule has 1 saturated heterocycles. The van der Waals surface area contributed by atoms with Crippen LogP contribution in [0, 0.1) is 5.82 Å². The number of rotatable bonds is 3. The van der Waals surface area contributed by atoms with Crippen molar-refractivity contribution in [1.82, 2.24) is 10.2 Å². The van der Waals surface area contributed by atoms with Gasteiger partial charge >= 0.3 is 0 Å². The normalized spacial score (nSPS) is 21.2. The van der Waals surface area contributed by atoms with Crippen LogP contribution in [0.4, 0.5) is 4.39 Å². The molecular weight excluding hydrogens is 247 g/mol. The summed E-state index contributed by atoms with van der Waals surface area (Å²) >= 11 is 0. The third kappa shape index (κ3) is 3.11. The van der Waals surface area contributed by atoms with Crippen molar-refractivity contribution in [2.45, 2.75) is 19.1 Å². The topological polar surface area (TPSA) is 41.6 Å². The number of nitrogens with zero attached hydrogens (tertiary/aromatic N) is 1. The Bertz CT molecular complexity index is 453. The van der Waals surface area contributed by atoms with E-state index in [1.165, 1.54) is 19.2 Å². The van der Waals surface area contributed by atoms with Crippen LogP contribution in [0.25, 0.3) is 0 Å². The molecule has 1 fully saturated rings. The zero-order valence-corrected chi connectivity index (χ0v) is 11.2. The highest BCUT2D eigenvalue weighted by atomic mass is 19.1. The number of amides is 1. The highest BCUT2D eigenvalue weighted by molar-refractivity contribution is 5.81. The van der Waals surface area contributed by atoms with Crippen molar-refractivity contribution >= 4 is 5.91 Å². The maximum atomic E-state index is 13.3. The third-order valence-electron chi connectivity index (χ3n) is 3.46. The van der Waals surface area contributed by atoms with Crippen LogP contribution in [-0.2, 0) is 9.53 Å². The van der Waals surface area contributed by atoms with Gasteiger partial charge in [0.05, 0.1) is 6.04 Å². The third-order valence-corrected chi connectivity index (χ3v) is 3.46. The number of hydrogen-bond acceptors (Lipinski definition) is 3. The molecule has 5 heteroatoms. The van der Waals surface area contributed by atoms with Crippen molar-refractivity contribution in [3.05, 3.63) is 35.6 Å². The summed E-state index contributed by atoms with van der Waals surface area (Å²) in [6, 6.07) is 6.26. The molecule has 0 aromatic heterocycles. The van der Waals surface area contributed by atoms with Crippen molar-refractivity contribution in [1.29, 1.82) is 0 Å². The largest absolute Gasteiger partial charge is 0.372 e. The van der Waals surface area contributed by atoms with E-state index in [2.05, 4.69) is 5.32 Å². The fourth-order valence-corrected chi connectivity index (χ4v) is 2.31. The number of benzene rings is 1. The van der Waals surface area contributed by atoms with E-state index in [0.29, 0.717) is 13.1 Å². The second kappa shape index (κ2) is 6.12. The van der Waals surface area contributed by atoms with Gasteiger partial charge < -0.3 is 15.0 Å². The quantitative estimate of drug-likeness (QED) is 0.897. The van der Waals surface area contributed by atoms with Gasteiger partial charge in [0.2, 0.25) is 0 Å². The Morgan fingerprint density at radius 3 is 3.05 bits per heavy atom. The average molecular weight is 266 g/mol. The zero-order valence-electron chi connectivity index (χ0n) is 11.2. The van der Waals surface area contributed by atoms with Gasteiger partial charge in [0.15, 0.2) is 0 Å². The SMILES string of the molecule is COC(C)C(=O)N1CCNCC1c1cccc(F)c1. The maximum Gasteiger partial charge on any atom is 0.251 e. The van der Waals surface area contributed by atoms with E-state index < -0.39 is 6.10 Å². The fourth-order valence-electron chi connectivity index (χ4n) is 2.31. The Hall–Kier alpha value is -1.46. The summed E-state index contributed by atoms with van der Waals surface area (Å²) in [6.07, 6.45) is -0.478. The van der Waals surface area contributed by atoms with Crippen LogP contribution < -0.4 is 5.32 Å². The molecule has 0 saturated carbocycles. The molecule has 19 heavy (non-hydrogen) atoms. The van der Waals surface area contributed by atoms with Crippen LogP contribution in [0.15, 0.2) is 24.3 Å². The Morgan fingerprint density at radius 2 is 2.37 bits per heavy atom. The van der Waals surface area contributed by atoms with Crippen molar-refractivity contribution in [2.75, 3.05) is 26.7 Å². The highest BCUT2D eigenvalue weighted by Crippen LogP contribution is 2.23. The average Bonchev–Trinajstić information content (AvgIpc) is 2.45. The molecular formula is C14H19FN2O2. The van der Waals surface area contributed by atoms with Gasteiger partial charge in [-0.3, -0.25) is 4.79 Å². The summed E-state index contributed by atoms with van der Waals surface area (Å²) in [5, 5.41) is 3.24. The maximum absolute atomic E-state index is 13.3. The summed E-state index contributed by atoms with van der Waals surface area (Å²) in [5.41, 5.74) is 0.809. The van der Waals surface area contributed by atoms with Gasteiger partial charge in [-0.25, -0.2) is 4.39 Å². The number of piperazine rings is 1. The van der Waals surface area contributed by atoms with Crippen molar-refractivity contribution in [3.63, 3.8) is 0 Å². The lowest BCUT2D eigenvalue weighted by molar-refractivity contribution is -0.144. The molecule has 1 aliphatic rings. The summed E-state index contributed by atoms with van der Waals surface area (Å²) in [7, 11) is 1.52. The Morgan fingerprint density at radius 1 is 1.58 bits per heavy atom. The lowest BCUT2D eigenvalue weighted by Crippen LogP contribution is -2.51. The molecule has 2 unspecified atom stereocenters. The molecule has 2 atom stereocenters. The molecule has 0 spiro atoms. The van der Waals surface area contributed by atoms with Crippen LogP contribution in [0.1, 0.15) is 18.5 Å². The van der Waals surface area contributed by atoms with E-state index in [4.69, 9.17) is 4.74 Å². The van der Waals surface area contributed by atoms with Crippen LogP contribution in [-0.4, -0.2) is 43.7 Å². The molecule has 1 amide bonds. The molecule has 0 bridgehead atoms. The van der Waals surface area contributed by atoms with E-state index in [0.717, 1.165) is 12.1 Å². The number of halogens is 1. The predicted molar refractivity (Wildman–Crippen MR) is 70.2 cm³/mol. The van der Waals surface area contributed by atoms with Gasteiger partial charge in [0, 0.05) is 26.7 Å². The van der Waals surface area contributed by atoms with Crippen molar-refractivity contribution in [3.8, 4) is 0 Å². The van der Waals surface area contributed by atoms with E-state index in [9.17, 15) is 9.18 Å². The van der Waals surface area contributed by atoms with E-state index in [1.807, 2.05) is 6.07 Å². The summed E-state index contributed by atoms with van der Waals surface area (Å²) in [6.45, 7) is 3.71. The lowest BCUT2D eigenvalue weighted by Gasteiger charge is -2.37. The van der Waals surface area contributed by atoms with Gasteiger partial charge in [-0.15, -0.1) is 0 Å². The molecule has 1 aromatic rings. The number of methoxy groups -OCH3 is 1. The highest BCUT2D eigenvalue weighted by Gasteiger charge is 2.30. The molecule has 4 nitrogen and oxygen atoms in total. The van der Waals surface area contributed by atoms with E-state index in [-0.39, 0.29) is 17.8 Å². The predicted octanol–water partition coefficient (Wildman–Crippen LogP) is 1.33. The van der Waals surface area contributed by atoms with Gasteiger partial charge in [-0.05, 0) is 24.6 Å². The lowest BCUT2D eigenvalue weighted by atomic mass is 10.0. The summed E-state index contributed by atoms with van der Waals surface area (Å²) in [4.78, 5) is 14.0. The first-order chi connectivity index (χ1) is 9.13. The Labute approximate surface area is 112 Å². The number of hydrogen-bond donors (Lipinski definition) is 1. The molecule has 1 aliphatic heterocycles. The fraction of sp³-hybridized carbons (Fsp3) is 0.500. The van der Waals surface area contributed by atoms with Crippen molar-refractivity contribution in [2.24, 2.45) is 0 Å². The Balaban J connectivity index is 2.23. The second-order valence-corrected chi connectivity index (χ2v) is 4.68. The standard InChI is InChI=1S/C14H19FN2O2/c1-10(19-2)14(18)17-7-6-16-9-13(17)11-4-3-5-12(15)8-11/h3-5,8,10,13,16H,6-7,9H2,1-2H3. The summed E-state index contributed by atoms with van der Waals surface area (Å²) in [5.74, 6) is -0.339. The van der Waals surface area contributed by atoms with E-state index in [1.54, 1.807) is 17.9 Å². The molecule has 104 valence electrons. The van der Waals surface area contributed by atoms with Gasteiger partial charge in [-0.1, -0.05) is 12.1 Å². The molecule has 0 radical (unpaired) electrons. The van der Waals surface area contributed by atoms with E-state index >= 15 is 0 Å². The first-order valence-electron chi connectivity index (χ1n) is 6.43. The number of carbonyl (C=O) groups is 1. The Kier molecular flexibility index (Phi) is 4.50. The monoisotopic (exact) mass is 266 g/mol. The summed E-state index contributed by atoms with van der Waals surface area (Å²) < 4.78 is 18.4. The van der Waals surface area contributed by atoms with Crippen LogP contribution in [0.2, 0.25) is 0 Å². The second-order valence-electron chi connectivity index (χ2n) is 4.68. The minimum Gasteiger partial charge on any atom is -0.372 e. The number of carbonyl (C=O) groups excluding carboxylic acids is 1. The first-order valence-corrected chi connectivity index (χ1v) is 6.43. The molecule has 1 N–H and O–H groups in total. The minimum absolute atomic E-state index is 0.0572. The van der Waals surface area contributed by atoms with Gasteiger partial charge in [-0.2, -0.15) is 0 Å². The molecule has 2 rings (SSSR count). The van der Waals surface area contributed by atoms with Crippen LogP contribution in [0.3, 0.4) is 0 Å². The minimum atomic E-state index is -0.478. The van der Waals surface area contributed by atoms with Crippen molar-refractivity contribution < 1.29 is 13.9 Å². The number of ether oxygens (including phenoxy) is 1. The van der Waals surface area contributed by atoms with Gasteiger partial charge in [0.25, 0.3) is 5.91 Å². The molecule has 1 aromatic carbocycles. The van der Waals surface area contributed by atoms with Crippen LogP contribution in [0.5, 0.6) is 0 Å². The number of nitrogens with one attached hydrogen (secondary N) is 1.